The van der Waals surface area contributed by atoms with Crippen LogP contribution in [0.1, 0.15) is 73.6 Å². The van der Waals surface area contributed by atoms with E-state index in [0.717, 1.165) is 6.54 Å². The van der Waals surface area contributed by atoms with Crippen molar-refractivity contribution in [1.82, 2.24) is 10.0 Å². The summed E-state index contributed by atoms with van der Waals surface area (Å²) in [5, 5.41) is 12.3. The van der Waals surface area contributed by atoms with Crippen molar-refractivity contribution >= 4 is 11.0 Å². The first-order chi connectivity index (χ1) is 13.7. The summed E-state index contributed by atoms with van der Waals surface area (Å²) in [6.45, 7) is 23.9. The molecule has 2 rings (SSSR count). The molecule has 4 atom stereocenters. The number of hydrogen-bond acceptors (Lipinski definition) is 3. The van der Waals surface area contributed by atoms with Gasteiger partial charge < -0.3 is 10.4 Å². The Bertz CT molecular complexity index is 383. The summed E-state index contributed by atoms with van der Waals surface area (Å²) < 4.78 is 13.9. The molecular weight excluding hydrogens is 368 g/mol. The first kappa shape index (κ1) is 31.8. The second kappa shape index (κ2) is 24.1. The molecule has 5 heteroatoms. The molecule has 0 aromatic carbocycles. The fourth-order valence-corrected chi connectivity index (χ4v) is 4.30. The van der Waals surface area contributed by atoms with Crippen LogP contribution in [0.15, 0.2) is 38.1 Å². The second-order valence-electron chi connectivity index (χ2n) is 5.80. The van der Waals surface area contributed by atoms with E-state index in [1.165, 1.54) is 32.1 Å². The quantitative estimate of drug-likeness (QED) is 0.512. The van der Waals surface area contributed by atoms with E-state index in [1.807, 2.05) is 47.6 Å². The topological polar surface area (TPSA) is 61.4 Å². The van der Waals surface area contributed by atoms with E-state index in [2.05, 4.69) is 29.8 Å². The monoisotopic (exact) mass is 416 g/mol. The third-order valence-electron chi connectivity index (χ3n) is 4.41. The van der Waals surface area contributed by atoms with Gasteiger partial charge in [0.1, 0.15) is 0 Å². The Morgan fingerprint density at radius 2 is 1.57 bits per heavy atom. The highest BCUT2D eigenvalue weighted by atomic mass is 32.2. The highest BCUT2D eigenvalue weighted by molar-refractivity contribution is 7.84. The Morgan fingerprint density at radius 3 is 1.93 bits per heavy atom. The third kappa shape index (κ3) is 13.3. The van der Waals surface area contributed by atoms with Crippen LogP contribution in [0.2, 0.25) is 0 Å². The van der Waals surface area contributed by atoms with E-state index in [4.69, 9.17) is 5.11 Å². The van der Waals surface area contributed by atoms with Gasteiger partial charge in [-0.25, -0.2) is 8.93 Å². The molecule has 0 bridgehead atoms. The van der Waals surface area contributed by atoms with Gasteiger partial charge in [0, 0.05) is 12.5 Å². The molecule has 28 heavy (non-hydrogen) atoms. The maximum Gasteiger partial charge on any atom is 0.0992 e. The number of hydrogen-bond donors (Lipinski definition) is 3. The van der Waals surface area contributed by atoms with Gasteiger partial charge in [-0.1, -0.05) is 79.5 Å². The minimum Gasteiger partial charge on any atom is -0.394 e. The highest BCUT2D eigenvalue weighted by Gasteiger charge is 2.28. The van der Waals surface area contributed by atoms with Crippen LogP contribution in [0, 0.1) is 11.8 Å². The molecule has 0 amide bonds. The van der Waals surface area contributed by atoms with Crippen LogP contribution < -0.4 is 10.0 Å². The van der Waals surface area contributed by atoms with E-state index in [0.29, 0.717) is 11.8 Å². The van der Waals surface area contributed by atoms with E-state index >= 15 is 0 Å². The summed E-state index contributed by atoms with van der Waals surface area (Å²) in [6.07, 6.45) is 11.8. The molecule has 1 aliphatic carbocycles. The second-order valence-corrected chi connectivity index (χ2v) is 7.23. The standard InChI is InChI=1S/C10H19NO.C7H11NOS.3C2H6/c1-2-11-10(8-12)9-6-4-3-5-7-9;1-3-6-5-8-10(9)7(6)4-2;3*1-2/h2,9-12H,1,3-8H2;3-4,6-8H,1-2,5H2;3*1-2H3. The molecule has 0 aromatic heterocycles. The molecular formula is C23H48N2O2S. The largest absolute Gasteiger partial charge is 0.394 e. The van der Waals surface area contributed by atoms with Crippen molar-refractivity contribution in [3.8, 4) is 0 Å². The minimum atomic E-state index is -0.930. The highest BCUT2D eigenvalue weighted by Crippen LogP contribution is 2.26. The molecule has 1 aliphatic heterocycles. The molecule has 3 N–H and O–H groups in total. The van der Waals surface area contributed by atoms with Gasteiger partial charge in [-0.3, -0.25) is 0 Å². The maximum absolute atomic E-state index is 11.1. The smallest absolute Gasteiger partial charge is 0.0992 e. The summed E-state index contributed by atoms with van der Waals surface area (Å²) >= 11 is 0. The van der Waals surface area contributed by atoms with Crippen LogP contribution in [0.4, 0.5) is 0 Å². The minimum absolute atomic E-state index is 0.0532. The van der Waals surface area contributed by atoms with Crippen molar-refractivity contribution in [3.05, 3.63) is 38.1 Å². The van der Waals surface area contributed by atoms with E-state index in [9.17, 15) is 4.21 Å². The summed E-state index contributed by atoms with van der Waals surface area (Å²) in [4.78, 5) is 0. The summed E-state index contributed by atoms with van der Waals surface area (Å²) in [5.41, 5.74) is 0. The zero-order valence-electron chi connectivity index (χ0n) is 19.4. The van der Waals surface area contributed by atoms with Gasteiger partial charge >= 0.3 is 0 Å². The molecule has 168 valence electrons. The van der Waals surface area contributed by atoms with Crippen molar-refractivity contribution in [2.45, 2.75) is 84.9 Å². The van der Waals surface area contributed by atoms with Crippen molar-refractivity contribution < 1.29 is 9.32 Å². The first-order valence-corrected chi connectivity index (χ1v) is 12.3. The van der Waals surface area contributed by atoms with Crippen molar-refractivity contribution in [3.63, 3.8) is 0 Å². The van der Waals surface area contributed by atoms with Gasteiger partial charge in [-0.05, 0) is 25.0 Å². The maximum atomic E-state index is 11.1. The third-order valence-corrected chi connectivity index (χ3v) is 5.90. The van der Waals surface area contributed by atoms with Gasteiger partial charge in [0.05, 0.1) is 28.9 Å². The van der Waals surface area contributed by atoms with Gasteiger partial charge in [-0.15, -0.1) is 13.2 Å². The van der Waals surface area contributed by atoms with Crippen LogP contribution >= 0.6 is 0 Å². The lowest BCUT2D eigenvalue weighted by Gasteiger charge is -2.29. The van der Waals surface area contributed by atoms with Crippen molar-refractivity contribution in [2.75, 3.05) is 13.2 Å². The average Bonchev–Trinajstić information content (AvgIpc) is 3.16. The first-order valence-electron chi connectivity index (χ1n) is 11.0. The lowest BCUT2D eigenvalue weighted by Crippen LogP contribution is -2.37. The van der Waals surface area contributed by atoms with Crippen LogP contribution in [0.5, 0.6) is 0 Å². The predicted octanol–water partition coefficient (Wildman–Crippen LogP) is 5.35. The normalized spacial score (nSPS) is 24.0. The van der Waals surface area contributed by atoms with Gasteiger partial charge in [0.2, 0.25) is 0 Å². The number of aliphatic hydroxyl groups is 1. The molecule has 1 saturated heterocycles. The average molecular weight is 417 g/mol. The lowest BCUT2D eigenvalue weighted by atomic mass is 9.84. The SMILES string of the molecule is C=CC1CNS(=O)C1C=C.C=CNC(CO)C1CCCCC1.CC.CC.CC. The molecule has 1 heterocycles. The number of aliphatic hydroxyl groups excluding tert-OH is 1. The molecule has 4 nitrogen and oxygen atoms in total. The Morgan fingerprint density at radius 1 is 1.04 bits per heavy atom. The Hall–Kier alpha value is -0.910. The molecule has 1 saturated carbocycles. The fourth-order valence-electron chi connectivity index (χ4n) is 3.05. The van der Waals surface area contributed by atoms with E-state index in [1.54, 1.807) is 12.3 Å². The Balaban J connectivity index is -0.000000355. The van der Waals surface area contributed by atoms with Gasteiger partial charge in [-0.2, -0.15) is 0 Å². The number of rotatable bonds is 6. The predicted molar refractivity (Wildman–Crippen MR) is 129 cm³/mol. The summed E-state index contributed by atoms with van der Waals surface area (Å²) in [5.74, 6) is 0.945. The van der Waals surface area contributed by atoms with Crippen molar-refractivity contribution in [1.29, 1.82) is 0 Å². The van der Waals surface area contributed by atoms with E-state index < -0.39 is 11.0 Å². The molecule has 0 radical (unpaired) electrons. The zero-order valence-corrected chi connectivity index (χ0v) is 20.2. The van der Waals surface area contributed by atoms with Gasteiger partial charge in [0.25, 0.3) is 0 Å². The van der Waals surface area contributed by atoms with Crippen LogP contribution in [0.25, 0.3) is 0 Å². The Kier molecular flexibility index (Phi) is 27.4. The van der Waals surface area contributed by atoms with E-state index in [-0.39, 0.29) is 17.9 Å². The number of nitrogens with one attached hydrogen (secondary N) is 2. The Labute approximate surface area is 178 Å². The van der Waals surface area contributed by atoms with Gasteiger partial charge in [0.15, 0.2) is 0 Å². The molecule has 2 aliphatic rings. The lowest BCUT2D eigenvalue weighted by molar-refractivity contribution is 0.182. The van der Waals surface area contributed by atoms with Crippen LogP contribution in [-0.4, -0.2) is 33.8 Å². The molecule has 4 unspecified atom stereocenters. The van der Waals surface area contributed by atoms with Crippen LogP contribution in [-0.2, 0) is 11.0 Å². The summed E-state index contributed by atoms with van der Waals surface area (Å²) in [6, 6.07) is 0.239. The van der Waals surface area contributed by atoms with Crippen molar-refractivity contribution in [2.24, 2.45) is 11.8 Å². The summed E-state index contributed by atoms with van der Waals surface area (Å²) in [7, 11) is -0.930. The van der Waals surface area contributed by atoms with Crippen LogP contribution in [0.3, 0.4) is 0 Å². The molecule has 0 spiro atoms. The molecule has 2 fully saturated rings. The molecule has 0 aromatic rings. The fraction of sp³-hybridized carbons (Fsp3) is 0.739. The zero-order chi connectivity index (χ0) is 22.4.